The lowest BCUT2D eigenvalue weighted by atomic mass is 9.98. The zero-order chi connectivity index (χ0) is 13.0. The Morgan fingerprint density at radius 2 is 2.11 bits per heavy atom. The number of aromatic nitrogens is 2. The molecule has 1 aromatic heterocycles. The van der Waals surface area contributed by atoms with Crippen LogP contribution in [0.5, 0.6) is 0 Å². The average molecular weight is 243 g/mol. The van der Waals surface area contributed by atoms with Crippen LogP contribution in [0.1, 0.15) is 29.7 Å². The summed E-state index contributed by atoms with van der Waals surface area (Å²) in [6.45, 7) is 5.27. The first-order chi connectivity index (χ1) is 8.70. The summed E-state index contributed by atoms with van der Waals surface area (Å²) in [6, 6.07) is 8.90. The largest absolute Gasteiger partial charge is 0.310 e. The minimum atomic E-state index is 0.338. The zero-order valence-corrected chi connectivity index (χ0v) is 11.4. The molecule has 18 heavy (non-hydrogen) atoms. The molecule has 0 radical (unpaired) electrons. The maximum absolute atomic E-state index is 4.26. The molecule has 3 heteroatoms. The molecule has 0 bridgehead atoms. The van der Waals surface area contributed by atoms with Gasteiger partial charge >= 0.3 is 0 Å². The lowest BCUT2D eigenvalue weighted by molar-refractivity contribution is 0.548. The van der Waals surface area contributed by atoms with Crippen molar-refractivity contribution in [3.05, 3.63) is 53.3 Å². The first kappa shape index (κ1) is 12.8. The number of likely N-dealkylation sites (N-methyl/N-ethyl adjacent to an activating group) is 1. The van der Waals surface area contributed by atoms with Gasteiger partial charge in [0.25, 0.3) is 0 Å². The van der Waals surface area contributed by atoms with Crippen molar-refractivity contribution in [1.82, 2.24) is 15.1 Å². The second-order valence-corrected chi connectivity index (χ2v) is 4.69. The fraction of sp³-hybridized carbons (Fsp3) is 0.400. The molecule has 0 fully saturated rings. The van der Waals surface area contributed by atoms with Crippen LogP contribution >= 0.6 is 0 Å². The van der Waals surface area contributed by atoms with Gasteiger partial charge in [0.15, 0.2) is 0 Å². The Balaban J connectivity index is 2.19. The Morgan fingerprint density at radius 3 is 2.72 bits per heavy atom. The molecule has 3 nitrogen and oxygen atoms in total. The number of nitrogens with one attached hydrogen (secondary N) is 1. The monoisotopic (exact) mass is 243 g/mol. The third-order valence-electron chi connectivity index (χ3n) is 3.26. The van der Waals surface area contributed by atoms with E-state index < -0.39 is 0 Å². The van der Waals surface area contributed by atoms with Crippen molar-refractivity contribution in [1.29, 1.82) is 0 Å². The molecule has 0 aliphatic rings. The average Bonchev–Trinajstić information content (AvgIpc) is 2.78. The number of aryl methyl sites for hydroxylation is 2. The molecule has 0 saturated heterocycles. The lowest BCUT2D eigenvalue weighted by Gasteiger charge is -2.17. The standard InChI is InChI=1S/C15H21N3/c1-4-16-15(14-10-17-18(3)11-14)9-13-8-6-5-7-12(13)2/h5-8,10-11,15-16H,4,9H2,1-3H3. The Kier molecular flexibility index (Phi) is 4.15. The van der Waals surface area contributed by atoms with Gasteiger partial charge < -0.3 is 5.32 Å². The van der Waals surface area contributed by atoms with E-state index in [1.54, 1.807) is 0 Å². The second-order valence-electron chi connectivity index (χ2n) is 4.69. The number of hydrogen-bond acceptors (Lipinski definition) is 2. The maximum Gasteiger partial charge on any atom is 0.0537 e. The summed E-state index contributed by atoms with van der Waals surface area (Å²) < 4.78 is 1.86. The van der Waals surface area contributed by atoms with Crippen LogP contribution in [-0.2, 0) is 13.5 Å². The van der Waals surface area contributed by atoms with Crippen LogP contribution in [0, 0.1) is 6.92 Å². The quantitative estimate of drug-likeness (QED) is 0.875. The number of hydrogen-bond donors (Lipinski definition) is 1. The van der Waals surface area contributed by atoms with Crippen LogP contribution in [0.25, 0.3) is 0 Å². The molecule has 1 aromatic carbocycles. The summed E-state index contributed by atoms with van der Waals surface area (Å²) in [5.41, 5.74) is 4.00. The Hall–Kier alpha value is -1.61. The summed E-state index contributed by atoms with van der Waals surface area (Å²) in [6.07, 6.45) is 5.05. The molecule has 96 valence electrons. The molecule has 1 atom stereocenters. The van der Waals surface area contributed by atoms with E-state index in [4.69, 9.17) is 0 Å². The van der Waals surface area contributed by atoms with E-state index in [1.807, 2.05) is 17.9 Å². The van der Waals surface area contributed by atoms with Crippen molar-refractivity contribution < 1.29 is 0 Å². The van der Waals surface area contributed by atoms with Crippen LogP contribution in [0.15, 0.2) is 36.7 Å². The third-order valence-corrected chi connectivity index (χ3v) is 3.26. The van der Waals surface area contributed by atoms with Crippen molar-refractivity contribution in [3.8, 4) is 0 Å². The fourth-order valence-electron chi connectivity index (χ4n) is 2.23. The third kappa shape index (κ3) is 2.99. The van der Waals surface area contributed by atoms with Crippen LogP contribution in [-0.4, -0.2) is 16.3 Å². The molecule has 0 amide bonds. The smallest absolute Gasteiger partial charge is 0.0537 e. The van der Waals surface area contributed by atoms with E-state index in [0.717, 1.165) is 13.0 Å². The highest BCUT2D eigenvalue weighted by molar-refractivity contribution is 5.28. The molecule has 0 spiro atoms. The Bertz CT molecular complexity index is 502. The van der Waals surface area contributed by atoms with Crippen LogP contribution in [0.4, 0.5) is 0 Å². The highest BCUT2D eigenvalue weighted by Gasteiger charge is 2.13. The normalized spacial score (nSPS) is 12.6. The second kappa shape index (κ2) is 5.83. The number of benzene rings is 1. The molecule has 1 heterocycles. The van der Waals surface area contributed by atoms with Crippen LogP contribution in [0.3, 0.4) is 0 Å². The molecule has 0 saturated carbocycles. The summed E-state index contributed by atoms with van der Waals surface area (Å²) >= 11 is 0. The predicted octanol–water partition coefficient (Wildman–Crippen LogP) is 2.62. The van der Waals surface area contributed by atoms with Gasteiger partial charge in [-0.25, -0.2) is 0 Å². The van der Waals surface area contributed by atoms with Crippen molar-refractivity contribution in [2.75, 3.05) is 6.54 Å². The molecule has 0 aliphatic heterocycles. The molecule has 1 N–H and O–H groups in total. The molecular weight excluding hydrogens is 222 g/mol. The van der Waals surface area contributed by atoms with Crippen molar-refractivity contribution >= 4 is 0 Å². The minimum Gasteiger partial charge on any atom is -0.310 e. The van der Waals surface area contributed by atoms with Gasteiger partial charge in [-0.15, -0.1) is 0 Å². The molecule has 2 rings (SSSR count). The molecule has 0 aliphatic carbocycles. The van der Waals surface area contributed by atoms with Crippen LogP contribution < -0.4 is 5.32 Å². The van der Waals surface area contributed by atoms with Gasteiger partial charge in [-0.3, -0.25) is 4.68 Å². The van der Waals surface area contributed by atoms with E-state index in [-0.39, 0.29) is 0 Å². The van der Waals surface area contributed by atoms with Crippen molar-refractivity contribution in [3.63, 3.8) is 0 Å². The maximum atomic E-state index is 4.26. The highest BCUT2D eigenvalue weighted by atomic mass is 15.2. The minimum absolute atomic E-state index is 0.338. The Morgan fingerprint density at radius 1 is 1.33 bits per heavy atom. The fourth-order valence-corrected chi connectivity index (χ4v) is 2.23. The number of rotatable bonds is 5. The van der Waals surface area contributed by atoms with Crippen LogP contribution in [0.2, 0.25) is 0 Å². The van der Waals surface area contributed by atoms with Gasteiger partial charge in [0, 0.05) is 24.8 Å². The summed E-state index contributed by atoms with van der Waals surface area (Å²) in [7, 11) is 1.96. The summed E-state index contributed by atoms with van der Waals surface area (Å²) in [5.74, 6) is 0. The SMILES string of the molecule is CCNC(Cc1ccccc1C)c1cnn(C)c1. The van der Waals surface area contributed by atoms with Crippen molar-refractivity contribution in [2.24, 2.45) is 7.05 Å². The van der Waals surface area contributed by atoms with E-state index in [9.17, 15) is 0 Å². The van der Waals surface area contributed by atoms with Gasteiger partial charge in [0.05, 0.1) is 6.20 Å². The first-order valence-electron chi connectivity index (χ1n) is 6.47. The first-order valence-corrected chi connectivity index (χ1v) is 6.47. The van der Waals surface area contributed by atoms with E-state index in [1.165, 1.54) is 16.7 Å². The molecular formula is C15H21N3. The molecule has 2 aromatic rings. The zero-order valence-electron chi connectivity index (χ0n) is 11.4. The summed E-state index contributed by atoms with van der Waals surface area (Å²) in [5, 5.41) is 7.80. The van der Waals surface area contributed by atoms with Gasteiger partial charge in [-0.1, -0.05) is 31.2 Å². The van der Waals surface area contributed by atoms with Gasteiger partial charge in [-0.05, 0) is 31.0 Å². The van der Waals surface area contributed by atoms with E-state index in [2.05, 4.69) is 54.7 Å². The van der Waals surface area contributed by atoms with Crippen molar-refractivity contribution in [2.45, 2.75) is 26.3 Å². The van der Waals surface area contributed by atoms with Gasteiger partial charge in [0.2, 0.25) is 0 Å². The van der Waals surface area contributed by atoms with E-state index in [0.29, 0.717) is 6.04 Å². The Labute approximate surface area is 109 Å². The van der Waals surface area contributed by atoms with Gasteiger partial charge in [0.1, 0.15) is 0 Å². The van der Waals surface area contributed by atoms with E-state index >= 15 is 0 Å². The number of nitrogens with zero attached hydrogens (tertiary/aromatic N) is 2. The lowest BCUT2D eigenvalue weighted by Crippen LogP contribution is -2.22. The van der Waals surface area contributed by atoms with Gasteiger partial charge in [-0.2, -0.15) is 5.10 Å². The topological polar surface area (TPSA) is 29.9 Å². The summed E-state index contributed by atoms with van der Waals surface area (Å²) in [4.78, 5) is 0. The highest BCUT2D eigenvalue weighted by Crippen LogP contribution is 2.19. The predicted molar refractivity (Wildman–Crippen MR) is 74.5 cm³/mol. The molecule has 1 unspecified atom stereocenters.